The molecule has 3 heterocycles. The van der Waals surface area contributed by atoms with Gasteiger partial charge < -0.3 is 29.9 Å². The summed E-state index contributed by atoms with van der Waals surface area (Å²) in [6.07, 6.45) is 1.20. The molecule has 3 unspecified atom stereocenters. The highest BCUT2D eigenvalue weighted by Gasteiger charge is 2.35. The van der Waals surface area contributed by atoms with Gasteiger partial charge in [0, 0.05) is 52.3 Å². The van der Waals surface area contributed by atoms with E-state index in [0.29, 0.717) is 27.8 Å². The maximum atomic E-state index is 13.6. The first-order valence-corrected chi connectivity index (χ1v) is 16.0. The lowest BCUT2D eigenvalue weighted by Gasteiger charge is -2.25. The minimum atomic E-state index is -3.86. The second-order valence-electron chi connectivity index (χ2n) is 10.9. The highest BCUT2D eigenvalue weighted by atomic mass is 32.2. The van der Waals surface area contributed by atoms with Crippen LogP contribution in [0.1, 0.15) is 40.6 Å². The number of carbonyl (C=O) groups is 2. The number of rotatable bonds is 7. The number of ether oxygens (including phenoxy) is 2. The molecule has 0 fully saturated rings. The monoisotopic (exact) mass is 634 g/mol. The van der Waals surface area contributed by atoms with Crippen LogP contribution in [-0.4, -0.2) is 57.8 Å². The molecule has 6 rings (SSSR count). The van der Waals surface area contributed by atoms with Crippen molar-refractivity contribution in [1.29, 1.82) is 0 Å². The number of aromatic amines is 1. The predicted octanol–water partition coefficient (Wildman–Crippen LogP) is 4.55. The molecular formula is C32H31FN4O7S. The molecule has 0 saturated heterocycles. The summed E-state index contributed by atoms with van der Waals surface area (Å²) in [4.78, 5) is 29.1. The number of nitrogens with zero attached hydrogens (tertiary/aromatic N) is 1. The van der Waals surface area contributed by atoms with Gasteiger partial charge in [0.2, 0.25) is 10.0 Å². The molecular weight excluding hydrogens is 603 g/mol. The molecule has 1 aliphatic rings. The lowest BCUT2D eigenvalue weighted by Crippen LogP contribution is -2.39. The van der Waals surface area contributed by atoms with Gasteiger partial charge in [-0.15, -0.1) is 0 Å². The number of carbonyl (C=O) groups excluding carboxylic acids is 2. The molecule has 234 valence electrons. The van der Waals surface area contributed by atoms with Crippen molar-refractivity contribution < 1.29 is 36.3 Å². The first-order chi connectivity index (χ1) is 21.5. The molecule has 3 aromatic carbocycles. The van der Waals surface area contributed by atoms with Gasteiger partial charge in [-0.1, -0.05) is 18.2 Å². The first kappa shape index (κ1) is 30.3. The number of furan rings is 1. The number of fused-ring (bicyclic) bond motifs is 3. The Kier molecular flexibility index (Phi) is 7.85. The van der Waals surface area contributed by atoms with E-state index in [0.717, 1.165) is 17.2 Å². The second kappa shape index (κ2) is 11.7. The molecule has 0 spiro atoms. The van der Waals surface area contributed by atoms with Crippen LogP contribution in [0.15, 0.2) is 71.3 Å². The Labute approximate surface area is 258 Å². The van der Waals surface area contributed by atoms with Gasteiger partial charge in [0.05, 0.1) is 30.2 Å². The number of esters is 1. The van der Waals surface area contributed by atoms with Crippen molar-refractivity contribution >= 4 is 49.5 Å². The second-order valence-corrected chi connectivity index (χ2v) is 12.8. The lowest BCUT2D eigenvalue weighted by atomic mass is 10.0. The molecule has 0 saturated carbocycles. The average Bonchev–Trinajstić information content (AvgIpc) is 3.58. The third kappa shape index (κ3) is 5.65. The highest BCUT2D eigenvalue weighted by molar-refractivity contribution is 7.92. The van der Waals surface area contributed by atoms with Gasteiger partial charge in [-0.2, -0.15) is 0 Å². The van der Waals surface area contributed by atoms with Crippen molar-refractivity contribution in [3.05, 3.63) is 89.4 Å². The topological polar surface area (TPSA) is 157 Å². The number of hydrogen-bond acceptors (Lipinski definition) is 8. The fraction of sp³-hybridized carbons (Fsp3) is 0.250. The van der Waals surface area contributed by atoms with Crippen LogP contribution in [0.2, 0.25) is 0 Å². The van der Waals surface area contributed by atoms with Crippen LogP contribution in [0.5, 0.6) is 0 Å². The third-order valence-electron chi connectivity index (χ3n) is 7.89. The third-order valence-corrected chi connectivity index (χ3v) is 9.04. The number of anilines is 1. The molecule has 1 amide bonds. The lowest BCUT2D eigenvalue weighted by molar-refractivity contribution is -0.150. The van der Waals surface area contributed by atoms with E-state index in [1.807, 2.05) is 24.3 Å². The smallest absolute Gasteiger partial charge is 0.327 e. The van der Waals surface area contributed by atoms with Crippen LogP contribution in [0.4, 0.5) is 10.1 Å². The standard InChI is InChI=1S/C32H31FN4O7S/c1-17-22-12-23-27(44-30(28(23)31(38)35-2)18-8-10-19(33)11-9-18)13-26(22)37(45(3,40)41)15-20(43-17)16-42-32(39)29(34)24-14-36-25-7-5-4-6-21(24)25/h4-14,17,20,29,36H,15-16,34H2,1-3H3,(H,35,38). The molecule has 0 bridgehead atoms. The van der Waals surface area contributed by atoms with Crippen LogP contribution < -0.4 is 15.4 Å². The van der Waals surface area contributed by atoms with Crippen LogP contribution >= 0.6 is 0 Å². The van der Waals surface area contributed by atoms with Gasteiger partial charge in [0.1, 0.15) is 35.9 Å². The summed E-state index contributed by atoms with van der Waals surface area (Å²) in [6, 6.07) is 15.1. The van der Waals surface area contributed by atoms with Gasteiger partial charge in [-0.05, 0) is 43.3 Å². The van der Waals surface area contributed by atoms with Gasteiger partial charge >= 0.3 is 5.97 Å². The van der Waals surface area contributed by atoms with E-state index in [4.69, 9.17) is 19.6 Å². The SMILES string of the molecule is CNC(=O)c1c(-c2ccc(F)cc2)oc2cc3c(cc12)C(C)OC(COC(=O)C(N)c1c[nH]c2ccccc12)CN3S(C)(=O)=O. The van der Waals surface area contributed by atoms with E-state index in [1.54, 1.807) is 25.3 Å². The zero-order valence-electron chi connectivity index (χ0n) is 24.7. The van der Waals surface area contributed by atoms with E-state index in [-0.39, 0.29) is 30.1 Å². The molecule has 11 nitrogen and oxygen atoms in total. The van der Waals surface area contributed by atoms with Crippen LogP contribution in [0.25, 0.3) is 33.2 Å². The molecule has 5 aromatic rings. The van der Waals surface area contributed by atoms with Gasteiger partial charge in [-0.3, -0.25) is 9.10 Å². The maximum absolute atomic E-state index is 13.6. The van der Waals surface area contributed by atoms with E-state index >= 15 is 0 Å². The fourth-order valence-corrected chi connectivity index (χ4v) is 6.64. The Morgan fingerprint density at radius 1 is 1.16 bits per heavy atom. The first-order valence-electron chi connectivity index (χ1n) is 14.2. The largest absolute Gasteiger partial charge is 0.461 e. The van der Waals surface area contributed by atoms with Crippen LogP contribution in [0, 0.1) is 5.82 Å². The molecule has 13 heteroatoms. The number of H-pyrrole nitrogens is 1. The van der Waals surface area contributed by atoms with Crippen molar-refractivity contribution in [2.24, 2.45) is 5.73 Å². The molecule has 4 N–H and O–H groups in total. The molecule has 2 aromatic heterocycles. The highest BCUT2D eigenvalue weighted by Crippen LogP contribution is 2.42. The summed E-state index contributed by atoms with van der Waals surface area (Å²) in [5.74, 6) is -1.37. The molecule has 45 heavy (non-hydrogen) atoms. The van der Waals surface area contributed by atoms with Gasteiger partial charge in [-0.25, -0.2) is 17.6 Å². The van der Waals surface area contributed by atoms with E-state index in [9.17, 15) is 22.4 Å². The Hall–Kier alpha value is -4.72. The number of nitrogens with one attached hydrogen (secondary N) is 2. The van der Waals surface area contributed by atoms with Gasteiger partial charge in [0.25, 0.3) is 5.91 Å². The summed E-state index contributed by atoms with van der Waals surface area (Å²) < 4.78 is 58.9. The minimum Gasteiger partial charge on any atom is -0.461 e. The summed E-state index contributed by atoms with van der Waals surface area (Å²) in [5, 5.41) is 3.83. The summed E-state index contributed by atoms with van der Waals surface area (Å²) >= 11 is 0. The minimum absolute atomic E-state index is 0.162. The molecule has 0 aliphatic carbocycles. The van der Waals surface area contributed by atoms with Crippen LogP contribution in [-0.2, 0) is 24.3 Å². The molecule has 0 radical (unpaired) electrons. The maximum Gasteiger partial charge on any atom is 0.327 e. The van der Waals surface area contributed by atoms with Crippen molar-refractivity contribution in [3.63, 3.8) is 0 Å². The number of nitrogens with two attached hydrogens (primary N) is 1. The van der Waals surface area contributed by atoms with Crippen molar-refractivity contribution in [2.45, 2.75) is 25.2 Å². The summed E-state index contributed by atoms with van der Waals surface area (Å²) in [5.41, 5.74) is 9.35. The number of para-hydroxylation sites is 1. The quantitative estimate of drug-likeness (QED) is 0.220. The Morgan fingerprint density at radius 3 is 2.60 bits per heavy atom. The van der Waals surface area contributed by atoms with Crippen molar-refractivity contribution in [3.8, 4) is 11.3 Å². The number of amides is 1. The number of benzene rings is 3. The number of hydrogen-bond donors (Lipinski definition) is 3. The number of aromatic nitrogens is 1. The fourth-order valence-electron chi connectivity index (χ4n) is 5.68. The van der Waals surface area contributed by atoms with Gasteiger partial charge in [0.15, 0.2) is 0 Å². The summed E-state index contributed by atoms with van der Waals surface area (Å²) in [7, 11) is -2.38. The number of halogens is 1. The summed E-state index contributed by atoms with van der Waals surface area (Å²) in [6.45, 7) is 1.32. The van der Waals surface area contributed by atoms with E-state index in [1.165, 1.54) is 35.6 Å². The van der Waals surface area contributed by atoms with Crippen molar-refractivity contribution in [2.75, 3.05) is 30.8 Å². The predicted molar refractivity (Wildman–Crippen MR) is 167 cm³/mol. The molecule has 3 atom stereocenters. The number of sulfonamides is 1. The van der Waals surface area contributed by atoms with Crippen molar-refractivity contribution in [1.82, 2.24) is 10.3 Å². The normalized spacial score (nSPS) is 17.6. The Morgan fingerprint density at radius 2 is 1.89 bits per heavy atom. The Balaban J connectivity index is 1.32. The molecule has 1 aliphatic heterocycles. The van der Waals surface area contributed by atoms with E-state index < -0.39 is 46.0 Å². The Bertz CT molecular complexity index is 2040. The van der Waals surface area contributed by atoms with Crippen LogP contribution in [0.3, 0.4) is 0 Å². The average molecular weight is 635 g/mol. The zero-order chi connectivity index (χ0) is 32.0. The zero-order valence-corrected chi connectivity index (χ0v) is 25.5. The van der Waals surface area contributed by atoms with E-state index in [2.05, 4.69) is 10.3 Å².